The summed E-state index contributed by atoms with van der Waals surface area (Å²) in [4.78, 5) is 38.4. The largest absolute Gasteiger partial charge is 0.481 e. The van der Waals surface area contributed by atoms with E-state index in [0.717, 1.165) is 43.9 Å². The number of nitrogens with one attached hydrogen (secondary N) is 2. The molecule has 1 saturated carbocycles. The number of anilines is 1. The molecule has 2 aromatic heterocycles. The quantitative estimate of drug-likeness (QED) is 0.350. The van der Waals surface area contributed by atoms with Crippen molar-refractivity contribution in [1.82, 2.24) is 20.2 Å². The molecule has 0 unspecified atom stereocenters. The Kier molecular flexibility index (Phi) is 7.38. The third kappa shape index (κ3) is 5.45. The summed E-state index contributed by atoms with van der Waals surface area (Å²) in [7, 11) is 1.39. The van der Waals surface area contributed by atoms with Crippen molar-refractivity contribution < 1.29 is 18.7 Å². The Labute approximate surface area is 231 Å². The molecule has 4 heterocycles. The Bertz CT molecular complexity index is 1400. The van der Waals surface area contributed by atoms with Crippen LogP contribution in [0.15, 0.2) is 42.4 Å². The predicted molar refractivity (Wildman–Crippen MR) is 144 cm³/mol. The topological polar surface area (TPSA) is 161 Å². The number of allylic oxidation sites excluding steroid dienone is 1. The number of carbonyl (C=O) groups excluding carboxylic acids is 2. The van der Waals surface area contributed by atoms with E-state index in [-0.39, 0.29) is 40.7 Å². The van der Waals surface area contributed by atoms with E-state index < -0.39 is 17.3 Å². The maximum absolute atomic E-state index is 14.2. The maximum Gasteiger partial charge on any atom is 0.270 e. The van der Waals surface area contributed by atoms with Crippen molar-refractivity contribution in [2.75, 3.05) is 31.6 Å². The van der Waals surface area contributed by atoms with Gasteiger partial charge in [0.2, 0.25) is 11.8 Å². The van der Waals surface area contributed by atoms with Gasteiger partial charge in [-0.05, 0) is 50.3 Å². The number of ether oxygens (including phenoxy) is 1. The van der Waals surface area contributed by atoms with Crippen LogP contribution in [0.25, 0.3) is 0 Å². The number of halogens is 1. The van der Waals surface area contributed by atoms with Crippen LogP contribution in [-0.4, -0.2) is 70.7 Å². The Morgan fingerprint density at radius 2 is 2.08 bits per heavy atom. The molecule has 0 bridgehead atoms. The number of hydrogen-bond acceptors (Lipinski definition) is 9. The van der Waals surface area contributed by atoms with Gasteiger partial charge >= 0.3 is 0 Å². The first-order valence-electron chi connectivity index (χ1n) is 13.2. The second-order valence-corrected chi connectivity index (χ2v) is 10.5. The van der Waals surface area contributed by atoms with Crippen LogP contribution in [0.1, 0.15) is 43.2 Å². The summed E-state index contributed by atoms with van der Waals surface area (Å²) in [6.07, 6.45) is 7.08. The monoisotopic (exact) mass is 546 g/mol. The van der Waals surface area contributed by atoms with E-state index in [2.05, 4.69) is 26.3 Å². The van der Waals surface area contributed by atoms with E-state index >= 15 is 0 Å². The SMILES string of the molecule is COc1cc(C(=N)C=C(N)C(=O)N2CC[C@H](C(=O)N[C@@H]3CCN(c4ccc(C#N)cn4)C3)CC23CC3)c(F)cn1. The number of carbonyl (C=O) groups is 2. The third-order valence-electron chi connectivity index (χ3n) is 7.96. The Morgan fingerprint density at radius 3 is 2.75 bits per heavy atom. The number of piperidine rings is 1. The molecule has 2 aromatic rings. The summed E-state index contributed by atoms with van der Waals surface area (Å²) in [6, 6.07) is 6.89. The smallest absolute Gasteiger partial charge is 0.270 e. The normalized spacial score (nSPS) is 21.6. The summed E-state index contributed by atoms with van der Waals surface area (Å²) in [5.41, 5.74) is 5.69. The zero-order valence-corrected chi connectivity index (χ0v) is 22.2. The molecule has 1 aliphatic carbocycles. The van der Waals surface area contributed by atoms with Crippen LogP contribution in [0.2, 0.25) is 0 Å². The van der Waals surface area contributed by atoms with Gasteiger partial charge in [-0.1, -0.05) is 0 Å². The lowest BCUT2D eigenvalue weighted by atomic mass is 9.87. The van der Waals surface area contributed by atoms with Crippen molar-refractivity contribution in [1.29, 1.82) is 10.7 Å². The van der Waals surface area contributed by atoms with Crippen LogP contribution in [0.3, 0.4) is 0 Å². The van der Waals surface area contributed by atoms with Crippen LogP contribution < -0.4 is 20.7 Å². The van der Waals surface area contributed by atoms with Gasteiger partial charge in [0, 0.05) is 55.0 Å². The number of nitriles is 1. The molecule has 12 heteroatoms. The first-order valence-corrected chi connectivity index (χ1v) is 13.2. The third-order valence-corrected chi connectivity index (χ3v) is 7.96. The van der Waals surface area contributed by atoms with Gasteiger partial charge < -0.3 is 31.0 Å². The van der Waals surface area contributed by atoms with Crippen LogP contribution in [0.5, 0.6) is 5.88 Å². The molecular formula is C28H31FN8O3. The molecule has 2 aliphatic heterocycles. The maximum atomic E-state index is 14.2. The summed E-state index contributed by atoms with van der Waals surface area (Å²) in [5.74, 6) is -0.423. The van der Waals surface area contributed by atoms with Gasteiger partial charge in [-0.3, -0.25) is 9.59 Å². The number of hydrogen-bond donors (Lipinski definition) is 3. The lowest BCUT2D eigenvalue weighted by Gasteiger charge is -2.40. The Morgan fingerprint density at radius 1 is 1.27 bits per heavy atom. The van der Waals surface area contributed by atoms with Gasteiger partial charge in [0.1, 0.15) is 11.9 Å². The minimum atomic E-state index is -0.716. The molecule has 0 aromatic carbocycles. The summed E-state index contributed by atoms with van der Waals surface area (Å²) in [5, 5.41) is 20.4. The lowest BCUT2D eigenvalue weighted by Crippen LogP contribution is -2.52. The number of aromatic nitrogens is 2. The highest BCUT2D eigenvalue weighted by molar-refractivity contribution is 6.11. The highest BCUT2D eigenvalue weighted by atomic mass is 19.1. The van der Waals surface area contributed by atoms with E-state index in [9.17, 15) is 14.0 Å². The molecular weight excluding hydrogens is 515 g/mol. The number of likely N-dealkylation sites (tertiary alicyclic amines) is 1. The fraction of sp³-hybridized carbons (Fsp3) is 0.429. The fourth-order valence-electron chi connectivity index (χ4n) is 5.58. The van der Waals surface area contributed by atoms with Crippen LogP contribution in [-0.2, 0) is 9.59 Å². The number of rotatable bonds is 7. The Balaban J connectivity index is 1.18. The van der Waals surface area contributed by atoms with Gasteiger partial charge in [-0.2, -0.15) is 5.26 Å². The van der Waals surface area contributed by atoms with Crippen molar-refractivity contribution in [2.45, 2.75) is 43.7 Å². The zero-order chi connectivity index (χ0) is 28.4. The molecule has 208 valence electrons. The standard InChI is InChI=1S/C28H31FN8O3/c1-40-25-10-20(21(29)15-34-25)22(31)11-23(32)27(39)37-9-4-18(12-28(37)6-7-28)26(38)35-19-5-8-36(16-19)24-3-2-17(13-30)14-33-24/h2-3,10-11,14-15,18-19,31H,4-9,12,16,32H2,1H3,(H,35,38)/t18-,19+/m0/s1. The molecule has 2 amide bonds. The molecule has 2 saturated heterocycles. The van der Waals surface area contributed by atoms with E-state index in [4.69, 9.17) is 21.1 Å². The van der Waals surface area contributed by atoms with Crippen molar-refractivity contribution >= 4 is 23.3 Å². The second kappa shape index (κ2) is 10.9. The summed E-state index contributed by atoms with van der Waals surface area (Å²) in [6.45, 7) is 1.78. The number of amides is 2. The van der Waals surface area contributed by atoms with Gasteiger partial charge in [-0.15, -0.1) is 0 Å². The van der Waals surface area contributed by atoms with E-state index in [1.54, 1.807) is 17.2 Å². The number of nitrogens with two attached hydrogens (primary N) is 1. The predicted octanol–water partition coefficient (Wildman–Crippen LogP) is 1.87. The molecule has 4 N–H and O–H groups in total. The van der Waals surface area contributed by atoms with Crippen LogP contribution >= 0.6 is 0 Å². The fourth-order valence-corrected chi connectivity index (χ4v) is 5.58. The van der Waals surface area contributed by atoms with Gasteiger partial charge in [0.25, 0.3) is 5.91 Å². The minimum Gasteiger partial charge on any atom is -0.481 e. The van der Waals surface area contributed by atoms with Crippen molar-refractivity contribution in [2.24, 2.45) is 11.7 Å². The van der Waals surface area contributed by atoms with Gasteiger partial charge in [0.05, 0.1) is 30.3 Å². The van der Waals surface area contributed by atoms with Crippen molar-refractivity contribution in [3.63, 3.8) is 0 Å². The second-order valence-electron chi connectivity index (χ2n) is 10.5. The molecule has 3 aliphatic rings. The van der Waals surface area contributed by atoms with Gasteiger partial charge in [-0.25, -0.2) is 14.4 Å². The number of pyridine rings is 2. The van der Waals surface area contributed by atoms with E-state index in [0.29, 0.717) is 31.5 Å². The van der Waals surface area contributed by atoms with Crippen LogP contribution in [0.4, 0.5) is 10.2 Å². The molecule has 11 nitrogen and oxygen atoms in total. The highest BCUT2D eigenvalue weighted by Crippen LogP contribution is 2.50. The van der Waals surface area contributed by atoms with Crippen molar-refractivity contribution in [3.8, 4) is 11.9 Å². The van der Waals surface area contributed by atoms with Crippen LogP contribution in [0, 0.1) is 28.5 Å². The number of nitrogens with zero attached hydrogens (tertiary/aromatic N) is 5. The molecule has 5 rings (SSSR count). The molecule has 1 spiro atoms. The first kappa shape index (κ1) is 27.1. The Hall–Kier alpha value is -4.53. The molecule has 40 heavy (non-hydrogen) atoms. The molecule has 2 atom stereocenters. The first-order chi connectivity index (χ1) is 19.2. The van der Waals surface area contributed by atoms with E-state index in [1.165, 1.54) is 13.2 Å². The molecule has 3 fully saturated rings. The highest BCUT2D eigenvalue weighted by Gasteiger charge is 2.54. The average molecular weight is 547 g/mol. The van der Waals surface area contributed by atoms with Gasteiger partial charge in [0.15, 0.2) is 5.82 Å². The number of methoxy groups -OCH3 is 1. The average Bonchev–Trinajstić information content (AvgIpc) is 3.56. The molecule has 0 radical (unpaired) electrons. The summed E-state index contributed by atoms with van der Waals surface area (Å²) >= 11 is 0. The lowest BCUT2D eigenvalue weighted by molar-refractivity contribution is -0.137. The minimum absolute atomic E-state index is 0.00319. The summed E-state index contributed by atoms with van der Waals surface area (Å²) < 4.78 is 19.2. The van der Waals surface area contributed by atoms with E-state index in [1.807, 2.05) is 6.07 Å². The zero-order valence-electron chi connectivity index (χ0n) is 22.2. The van der Waals surface area contributed by atoms with Crippen molar-refractivity contribution in [3.05, 3.63) is 59.3 Å².